The summed E-state index contributed by atoms with van der Waals surface area (Å²) in [5.41, 5.74) is 0.767. The molecule has 0 aromatic heterocycles. The number of nitrogens with one attached hydrogen (secondary N) is 1. The lowest BCUT2D eigenvalue weighted by atomic mass is 9.66. The number of halogens is 1. The largest absolute Gasteiger partial charge is 0.367 e. The highest BCUT2D eigenvalue weighted by Crippen LogP contribution is 2.49. The normalized spacial score (nSPS) is 28.7. The Morgan fingerprint density at radius 3 is 2.89 bits per heavy atom. The summed E-state index contributed by atoms with van der Waals surface area (Å²) in [5.74, 6) is -0.451. The van der Waals surface area contributed by atoms with Crippen molar-refractivity contribution in [3.63, 3.8) is 0 Å². The monoisotopic (exact) mass is 405 g/mol. The summed E-state index contributed by atoms with van der Waals surface area (Å²) in [5, 5.41) is 3.68. The summed E-state index contributed by atoms with van der Waals surface area (Å²) in [6.07, 6.45) is 3.95. The molecule has 4 rings (SSSR count). The fourth-order valence-corrected chi connectivity index (χ4v) is 5.42. The van der Waals surface area contributed by atoms with Crippen molar-refractivity contribution in [3.05, 3.63) is 28.8 Å². The average Bonchev–Trinajstić information content (AvgIpc) is 2.66. The van der Waals surface area contributed by atoms with E-state index in [9.17, 15) is 9.59 Å². The van der Waals surface area contributed by atoms with Gasteiger partial charge in [0.05, 0.1) is 6.04 Å². The molecule has 3 unspecified atom stereocenters. The van der Waals surface area contributed by atoms with Gasteiger partial charge in [-0.15, -0.1) is 0 Å². The summed E-state index contributed by atoms with van der Waals surface area (Å²) in [6, 6.07) is 5.59. The minimum absolute atomic E-state index is 0.0628. The Labute approximate surface area is 170 Å². The average molecular weight is 406 g/mol. The van der Waals surface area contributed by atoms with Gasteiger partial charge in [-0.25, -0.2) is 0 Å². The quantitative estimate of drug-likeness (QED) is 0.606. The van der Waals surface area contributed by atoms with E-state index >= 15 is 0 Å². The fourth-order valence-electron chi connectivity index (χ4n) is 4.83. The van der Waals surface area contributed by atoms with E-state index in [0.29, 0.717) is 11.4 Å². The van der Waals surface area contributed by atoms with Crippen LogP contribution in [-0.2, 0) is 16.0 Å². The first-order valence-corrected chi connectivity index (χ1v) is 10.4. The van der Waals surface area contributed by atoms with Gasteiger partial charge in [-0.05, 0) is 62.5 Å². The van der Waals surface area contributed by atoms with Crippen LogP contribution in [0.25, 0.3) is 0 Å². The predicted molar refractivity (Wildman–Crippen MR) is 110 cm³/mol. The topological polar surface area (TPSA) is 52.7 Å². The second-order valence-corrected chi connectivity index (χ2v) is 8.58. The van der Waals surface area contributed by atoms with Crippen molar-refractivity contribution in [1.29, 1.82) is 0 Å². The number of hydrogen-bond acceptors (Lipinski definition) is 4. The van der Waals surface area contributed by atoms with Crippen LogP contribution in [0.15, 0.2) is 18.2 Å². The van der Waals surface area contributed by atoms with Crippen LogP contribution in [0.2, 0.25) is 5.02 Å². The van der Waals surface area contributed by atoms with Crippen LogP contribution in [0, 0.1) is 5.41 Å². The number of hydrogen-bond donors (Lipinski definition) is 1. The zero-order valence-electron chi connectivity index (χ0n) is 15.6. The number of anilines is 1. The Kier molecular flexibility index (Phi) is 4.67. The lowest BCUT2D eigenvalue weighted by Crippen LogP contribution is -2.73. The molecule has 0 bridgehead atoms. The first-order valence-electron chi connectivity index (χ1n) is 9.65. The number of carbonyl (C=O) groups excluding carboxylic acids is 2. The molecular weight excluding hydrogens is 382 g/mol. The Hall–Kier alpha value is -1.66. The molecule has 3 heterocycles. The number of benzene rings is 1. The first-order chi connectivity index (χ1) is 12.9. The molecule has 1 aromatic rings. The predicted octanol–water partition coefficient (Wildman–Crippen LogP) is 3.28. The number of amides is 2. The molecule has 1 N–H and O–H groups in total. The molecule has 7 heteroatoms. The molecule has 2 amide bonds. The summed E-state index contributed by atoms with van der Waals surface area (Å²) in [7, 11) is 0. The number of carbonyl (C=O) groups is 2. The molecule has 27 heavy (non-hydrogen) atoms. The lowest BCUT2D eigenvalue weighted by Gasteiger charge is -2.55. The Morgan fingerprint density at radius 2 is 2.15 bits per heavy atom. The molecule has 1 spiro atoms. The van der Waals surface area contributed by atoms with E-state index in [-0.39, 0.29) is 29.0 Å². The van der Waals surface area contributed by atoms with Gasteiger partial charge in [-0.3, -0.25) is 14.5 Å². The maximum absolute atomic E-state index is 13.8. The van der Waals surface area contributed by atoms with Crippen molar-refractivity contribution in [1.82, 2.24) is 10.2 Å². The van der Waals surface area contributed by atoms with Gasteiger partial charge in [0.25, 0.3) is 0 Å². The molecule has 0 saturated carbocycles. The van der Waals surface area contributed by atoms with Crippen molar-refractivity contribution in [2.75, 3.05) is 11.4 Å². The van der Waals surface area contributed by atoms with E-state index in [1.807, 2.05) is 26.0 Å². The van der Waals surface area contributed by atoms with Crippen LogP contribution in [0.5, 0.6) is 0 Å². The van der Waals surface area contributed by atoms with Crippen molar-refractivity contribution < 1.29 is 9.59 Å². The summed E-state index contributed by atoms with van der Waals surface area (Å²) in [4.78, 5) is 31.0. The van der Waals surface area contributed by atoms with Crippen LogP contribution < -0.4 is 10.2 Å². The molecule has 5 nitrogen and oxygen atoms in total. The van der Waals surface area contributed by atoms with E-state index in [0.717, 1.165) is 43.5 Å². The van der Waals surface area contributed by atoms with Gasteiger partial charge < -0.3 is 10.2 Å². The second kappa shape index (κ2) is 6.74. The van der Waals surface area contributed by atoms with Gasteiger partial charge in [0.15, 0.2) is 10.5 Å². The van der Waals surface area contributed by atoms with Crippen LogP contribution in [0.1, 0.15) is 45.1 Å². The highest BCUT2D eigenvalue weighted by molar-refractivity contribution is 7.80. The zero-order chi connectivity index (χ0) is 19.3. The number of thiocarbonyl (C=S) groups is 1. The van der Waals surface area contributed by atoms with Crippen LogP contribution in [0.3, 0.4) is 0 Å². The third-order valence-corrected chi connectivity index (χ3v) is 7.06. The molecule has 2 saturated heterocycles. The highest BCUT2D eigenvalue weighted by atomic mass is 35.5. The Balaban J connectivity index is 1.89. The number of nitrogens with zero attached hydrogens (tertiary/aromatic N) is 2. The maximum atomic E-state index is 13.8. The highest BCUT2D eigenvalue weighted by Gasteiger charge is 2.62. The van der Waals surface area contributed by atoms with Gasteiger partial charge in [0.2, 0.25) is 11.8 Å². The van der Waals surface area contributed by atoms with E-state index in [2.05, 4.69) is 16.3 Å². The van der Waals surface area contributed by atoms with Crippen molar-refractivity contribution in [2.45, 2.75) is 58.0 Å². The summed E-state index contributed by atoms with van der Waals surface area (Å²) >= 11 is 11.9. The van der Waals surface area contributed by atoms with E-state index in [4.69, 9.17) is 23.8 Å². The third-order valence-electron chi connectivity index (χ3n) is 6.41. The zero-order valence-corrected chi connectivity index (χ0v) is 17.2. The van der Waals surface area contributed by atoms with Crippen LogP contribution in [0.4, 0.5) is 5.69 Å². The van der Waals surface area contributed by atoms with Gasteiger partial charge >= 0.3 is 0 Å². The number of piperidine rings is 1. The van der Waals surface area contributed by atoms with Gasteiger partial charge in [0.1, 0.15) is 0 Å². The molecule has 0 aliphatic carbocycles. The summed E-state index contributed by atoms with van der Waals surface area (Å²) < 4.78 is 0. The molecule has 144 valence electrons. The third kappa shape index (κ3) is 2.60. The fraction of sp³-hybridized carbons (Fsp3) is 0.550. The molecule has 0 radical (unpaired) electrons. The Morgan fingerprint density at radius 1 is 1.37 bits per heavy atom. The van der Waals surface area contributed by atoms with E-state index < -0.39 is 5.41 Å². The van der Waals surface area contributed by atoms with Gasteiger partial charge in [0, 0.05) is 29.7 Å². The van der Waals surface area contributed by atoms with Crippen LogP contribution in [-0.4, -0.2) is 40.5 Å². The molecule has 3 atom stereocenters. The SMILES string of the molecule is CCC(C)N1C(=O)C2(Cc3c(Cl)cccc3N3CCCCC32)C(=O)NC1=S. The minimum Gasteiger partial charge on any atom is -0.367 e. The van der Waals surface area contributed by atoms with Gasteiger partial charge in [-0.2, -0.15) is 0 Å². The minimum atomic E-state index is -1.18. The number of rotatable bonds is 2. The first kappa shape index (κ1) is 18.7. The number of fused-ring (bicyclic) bond motifs is 4. The van der Waals surface area contributed by atoms with Crippen molar-refractivity contribution >= 4 is 46.4 Å². The Bertz CT molecular complexity index is 829. The van der Waals surface area contributed by atoms with Crippen LogP contribution >= 0.6 is 23.8 Å². The smallest absolute Gasteiger partial charge is 0.247 e. The molecule has 3 aliphatic rings. The lowest BCUT2D eigenvalue weighted by molar-refractivity contribution is -0.153. The van der Waals surface area contributed by atoms with E-state index in [1.165, 1.54) is 0 Å². The molecular formula is C20H24ClN3O2S. The summed E-state index contributed by atoms with van der Waals surface area (Å²) in [6.45, 7) is 4.81. The molecule has 2 fully saturated rings. The molecule has 1 aromatic carbocycles. The van der Waals surface area contributed by atoms with Crippen molar-refractivity contribution in [3.8, 4) is 0 Å². The maximum Gasteiger partial charge on any atom is 0.247 e. The standard InChI is InChI=1S/C20H24ClN3O2S/c1-3-12(2)24-18(26)20(17(25)22-19(24)27)11-13-14(21)7-6-8-15(13)23-10-5-4-9-16(20)23/h6-8,12,16H,3-5,9-11H2,1-2H3,(H,22,25,27). The van der Waals surface area contributed by atoms with Gasteiger partial charge in [-0.1, -0.05) is 24.6 Å². The van der Waals surface area contributed by atoms with E-state index in [1.54, 1.807) is 4.90 Å². The second-order valence-electron chi connectivity index (χ2n) is 7.78. The molecule has 3 aliphatic heterocycles. The van der Waals surface area contributed by atoms with Crippen molar-refractivity contribution in [2.24, 2.45) is 5.41 Å².